The first kappa shape index (κ1) is 10.5. The highest BCUT2D eigenvalue weighted by Gasteiger charge is 2.20. The van der Waals surface area contributed by atoms with Gasteiger partial charge in [0.05, 0.1) is 10.4 Å². The van der Waals surface area contributed by atoms with Crippen molar-refractivity contribution >= 4 is 17.9 Å². The number of allylic oxidation sites excluding steroid dienone is 1. The van der Waals surface area contributed by atoms with Gasteiger partial charge in [0.2, 0.25) is 0 Å². The van der Waals surface area contributed by atoms with Crippen LogP contribution in [0.15, 0.2) is 16.3 Å². The molecular weight excluding hydrogens is 160 g/mol. The maximum Gasteiger partial charge on any atom is 0.131 e. The summed E-state index contributed by atoms with van der Waals surface area (Å²) in [7, 11) is 0. The lowest BCUT2D eigenvalue weighted by atomic mass is 9.95. The highest BCUT2D eigenvalue weighted by atomic mass is 35.5. The minimum absolute atomic E-state index is 0.465. The van der Waals surface area contributed by atoms with Crippen molar-refractivity contribution < 1.29 is 4.79 Å². The monoisotopic (exact) mass is 172 g/mol. The lowest BCUT2D eigenvalue weighted by Gasteiger charge is -2.12. The van der Waals surface area contributed by atoms with Crippen molar-refractivity contribution in [1.82, 2.24) is 0 Å². The van der Waals surface area contributed by atoms with E-state index in [1.54, 1.807) is 13.8 Å². The molecule has 2 heteroatoms. The molecule has 0 fully saturated rings. The molecule has 0 aliphatic heterocycles. The summed E-state index contributed by atoms with van der Waals surface area (Å²) in [5.41, 5.74) is 3.28. The fourth-order valence-electron chi connectivity index (χ4n) is 0.432. The van der Waals surface area contributed by atoms with Crippen LogP contribution in [0, 0.1) is 5.41 Å². The molecular formula is C9H13ClO. The Balaban J connectivity index is 4.90. The Labute approximate surface area is 72.7 Å². The van der Waals surface area contributed by atoms with Crippen LogP contribution in [0.5, 0.6) is 0 Å². The molecule has 0 aromatic heterocycles. The molecule has 11 heavy (non-hydrogen) atoms. The third kappa shape index (κ3) is 3.41. The molecule has 0 heterocycles. The molecule has 0 aliphatic rings. The lowest BCUT2D eigenvalue weighted by molar-refractivity contribution is -0.112. The van der Waals surface area contributed by atoms with E-state index in [1.807, 2.05) is 13.8 Å². The molecule has 0 aliphatic carbocycles. The predicted molar refractivity (Wildman–Crippen MR) is 47.6 cm³/mol. The van der Waals surface area contributed by atoms with Crippen LogP contribution in [0.1, 0.15) is 27.7 Å². The minimum Gasteiger partial charge on any atom is -0.302 e. The first-order valence-electron chi connectivity index (χ1n) is 3.46. The van der Waals surface area contributed by atoms with E-state index >= 15 is 0 Å². The van der Waals surface area contributed by atoms with Crippen LogP contribution >= 0.6 is 11.6 Å². The molecule has 0 N–H and O–H groups in total. The molecule has 0 spiro atoms. The van der Waals surface area contributed by atoms with Crippen LogP contribution in [0.25, 0.3) is 0 Å². The van der Waals surface area contributed by atoms with E-state index in [1.165, 1.54) is 0 Å². The highest BCUT2D eigenvalue weighted by molar-refractivity contribution is 6.31. The molecule has 0 saturated heterocycles. The number of carbonyl (C=O) groups is 1. The summed E-state index contributed by atoms with van der Waals surface area (Å²) in [6, 6.07) is 0. The molecule has 0 saturated carbocycles. The first-order chi connectivity index (χ1) is 4.90. The second-order valence-electron chi connectivity index (χ2n) is 3.28. The van der Waals surface area contributed by atoms with Crippen molar-refractivity contribution in [3.05, 3.63) is 16.3 Å². The van der Waals surface area contributed by atoms with Crippen LogP contribution in [0.3, 0.4) is 0 Å². The maximum atomic E-state index is 10.5. The van der Waals surface area contributed by atoms with Crippen LogP contribution < -0.4 is 0 Å². The van der Waals surface area contributed by atoms with Gasteiger partial charge in [-0.05, 0) is 33.3 Å². The number of hydrogen-bond acceptors (Lipinski definition) is 1. The number of rotatable bonds is 2. The van der Waals surface area contributed by atoms with Gasteiger partial charge in [0.15, 0.2) is 0 Å². The molecule has 0 unspecified atom stereocenters. The van der Waals surface area contributed by atoms with Crippen molar-refractivity contribution in [2.24, 2.45) is 5.41 Å². The SMILES string of the molecule is CC(C)=C=C(Cl)C(C)(C)C=O. The van der Waals surface area contributed by atoms with Gasteiger partial charge in [-0.25, -0.2) is 0 Å². The molecule has 0 amide bonds. The molecule has 0 atom stereocenters. The molecule has 0 bridgehead atoms. The number of hydrogen-bond donors (Lipinski definition) is 0. The van der Waals surface area contributed by atoms with E-state index in [9.17, 15) is 4.79 Å². The third-order valence-electron chi connectivity index (χ3n) is 1.22. The van der Waals surface area contributed by atoms with Crippen molar-refractivity contribution in [3.63, 3.8) is 0 Å². The fraction of sp³-hybridized carbons (Fsp3) is 0.556. The Morgan fingerprint density at radius 2 is 1.91 bits per heavy atom. The van der Waals surface area contributed by atoms with Crippen molar-refractivity contribution in [1.29, 1.82) is 0 Å². The Hall–Kier alpha value is -0.520. The molecule has 0 radical (unpaired) electrons. The zero-order valence-electron chi connectivity index (χ0n) is 7.36. The van der Waals surface area contributed by atoms with Gasteiger partial charge < -0.3 is 4.79 Å². The zero-order chi connectivity index (χ0) is 9.07. The Bertz CT molecular complexity index is 216. The topological polar surface area (TPSA) is 17.1 Å². The van der Waals surface area contributed by atoms with Crippen LogP contribution in [-0.2, 0) is 4.79 Å². The van der Waals surface area contributed by atoms with Crippen LogP contribution in [0.4, 0.5) is 0 Å². The average Bonchev–Trinajstić information content (AvgIpc) is 1.86. The van der Waals surface area contributed by atoms with Gasteiger partial charge in [-0.15, -0.1) is 5.73 Å². The van der Waals surface area contributed by atoms with E-state index < -0.39 is 5.41 Å². The molecule has 1 nitrogen and oxygen atoms in total. The summed E-state index contributed by atoms with van der Waals surface area (Å²) in [5, 5.41) is 0.465. The maximum absolute atomic E-state index is 10.5. The molecule has 0 aromatic rings. The lowest BCUT2D eigenvalue weighted by Crippen LogP contribution is -2.12. The van der Waals surface area contributed by atoms with Gasteiger partial charge in [-0.1, -0.05) is 11.6 Å². The Morgan fingerprint density at radius 1 is 1.45 bits per heavy atom. The van der Waals surface area contributed by atoms with Gasteiger partial charge in [0, 0.05) is 0 Å². The van der Waals surface area contributed by atoms with E-state index in [0.29, 0.717) is 5.03 Å². The number of halogens is 1. The summed E-state index contributed by atoms with van der Waals surface area (Å²) in [6.07, 6.45) is 0.825. The van der Waals surface area contributed by atoms with Crippen molar-refractivity contribution in [3.8, 4) is 0 Å². The van der Waals surface area contributed by atoms with E-state index in [-0.39, 0.29) is 0 Å². The minimum atomic E-state index is -0.598. The molecule has 62 valence electrons. The summed E-state index contributed by atoms with van der Waals surface area (Å²) in [5.74, 6) is 0. The quantitative estimate of drug-likeness (QED) is 0.463. The molecule has 0 aromatic carbocycles. The van der Waals surface area contributed by atoms with Gasteiger partial charge in [0.25, 0.3) is 0 Å². The predicted octanol–water partition coefficient (Wildman–Crippen LogP) is 2.90. The summed E-state index contributed by atoms with van der Waals surface area (Å²) in [4.78, 5) is 10.5. The Kier molecular flexibility index (Phi) is 3.57. The summed E-state index contributed by atoms with van der Waals surface area (Å²) in [6.45, 7) is 7.31. The third-order valence-corrected chi connectivity index (χ3v) is 1.80. The fourth-order valence-corrected chi connectivity index (χ4v) is 0.666. The van der Waals surface area contributed by atoms with E-state index in [2.05, 4.69) is 5.73 Å². The van der Waals surface area contributed by atoms with E-state index in [4.69, 9.17) is 11.6 Å². The second-order valence-corrected chi connectivity index (χ2v) is 3.66. The largest absolute Gasteiger partial charge is 0.302 e. The van der Waals surface area contributed by atoms with Gasteiger partial charge in [-0.3, -0.25) is 0 Å². The highest BCUT2D eigenvalue weighted by Crippen LogP contribution is 2.25. The molecule has 0 rings (SSSR count). The van der Waals surface area contributed by atoms with Crippen molar-refractivity contribution in [2.45, 2.75) is 27.7 Å². The van der Waals surface area contributed by atoms with Gasteiger partial charge in [-0.2, -0.15) is 0 Å². The zero-order valence-corrected chi connectivity index (χ0v) is 8.12. The van der Waals surface area contributed by atoms with Gasteiger partial charge >= 0.3 is 0 Å². The van der Waals surface area contributed by atoms with Crippen molar-refractivity contribution in [2.75, 3.05) is 0 Å². The second kappa shape index (κ2) is 3.75. The standard InChI is InChI=1S/C9H13ClO/c1-7(2)5-8(10)9(3,4)6-11/h6H,1-4H3. The summed E-state index contributed by atoms with van der Waals surface area (Å²) < 4.78 is 0. The number of aldehydes is 1. The first-order valence-corrected chi connectivity index (χ1v) is 3.84. The number of carbonyl (C=O) groups excluding carboxylic acids is 1. The van der Waals surface area contributed by atoms with Gasteiger partial charge in [0.1, 0.15) is 6.29 Å². The average molecular weight is 173 g/mol. The Morgan fingerprint density at radius 3 is 2.18 bits per heavy atom. The smallest absolute Gasteiger partial charge is 0.131 e. The summed E-state index contributed by atoms with van der Waals surface area (Å²) >= 11 is 5.82. The normalized spacial score (nSPS) is 10.3. The van der Waals surface area contributed by atoms with Crippen LogP contribution in [-0.4, -0.2) is 6.29 Å². The van der Waals surface area contributed by atoms with E-state index in [0.717, 1.165) is 11.9 Å². The van der Waals surface area contributed by atoms with Crippen LogP contribution in [0.2, 0.25) is 0 Å².